The van der Waals surface area contributed by atoms with Crippen LogP contribution in [-0.2, 0) is 40.9 Å². The number of cyclic esters (lactones) is 1. The average molecular weight is 578 g/mol. The number of rotatable bonds is 11. The molecule has 1 aromatic carbocycles. The first-order chi connectivity index (χ1) is 17.4. The maximum absolute atomic E-state index is 13.1. The van der Waals surface area contributed by atoms with Crippen LogP contribution in [0.2, 0.25) is 0 Å². The fraction of sp³-hybridized carbons (Fsp3) is 0.545. The van der Waals surface area contributed by atoms with E-state index in [1.54, 1.807) is 6.92 Å². The zero-order valence-corrected chi connectivity index (χ0v) is 21.5. The van der Waals surface area contributed by atoms with E-state index >= 15 is 0 Å². The predicted octanol–water partition coefficient (Wildman–Crippen LogP) is 5.15. The molecule has 0 saturated heterocycles. The molecule has 0 aromatic heterocycles. The number of hydrogen-bond acceptors (Lipinski definition) is 9. The smallest absolute Gasteiger partial charge is 0.412 e. The quantitative estimate of drug-likeness (QED) is 0.165. The largest absolute Gasteiger partial charge is 0.507 e. The van der Waals surface area contributed by atoms with Gasteiger partial charge in [-0.25, -0.2) is 4.79 Å². The molecule has 9 nitrogen and oxygen atoms in total. The van der Waals surface area contributed by atoms with Gasteiger partial charge < -0.3 is 19.3 Å². The highest BCUT2D eigenvalue weighted by atomic mass is 31.2. The second-order valence-corrected chi connectivity index (χ2v) is 10.4. The van der Waals surface area contributed by atoms with Crippen molar-refractivity contribution in [1.82, 2.24) is 0 Å². The third-order valence-corrected chi connectivity index (χ3v) is 7.62. The molecule has 0 bridgehead atoms. The van der Waals surface area contributed by atoms with Crippen LogP contribution in [0.1, 0.15) is 40.4 Å². The second kappa shape index (κ2) is 12.0. The second-order valence-electron chi connectivity index (χ2n) is 8.23. The third kappa shape index (κ3) is 7.64. The van der Waals surface area contributed by atoms with Gasteiger partial charge in [-0.3, -0.25) is 18.4 Å². The standard InChI is InChI=1S/C22H25F6O9P/c1-11(5-6-13-17(29)16-14(8-35-20(16)31)12(2)18(13)33-3)7-15(19(30)34-4)38(32,36-9-21(23,24)25)37-10-22(26,27)28/h5,15,29H,6-10H2,1-4H3/b11-5+. The summed E-state index contributed by atoms with van der Waals surface area (Å²) in [6, 6.07) is 0. The number of fused-ring (bicyclic) bond motifs is 1. The summed E-state index contributed by atoms with van der Waals surface area (Å²) < 4.78 is 113. The highest BCUT2D eigenvalue weighted by molar-refractivity contribution is 7.55. The highest BCUT2D eigenvalue weighted by Gasteiger charge is 2.47. The fourth-order valence-corrected chi connectivity index (χ4v) is 5.66. The van der Waals surface area contributed by atoms with Crippen molar-refractivity contribution in [3.05, 3.63) is 33.9 Å². The van der Waals surface area contributed by atoms with E-state index in [0.29, 0.717) is 11.1 Å². The minimum atomic E-state index is -5.39. The molecule has 16 heteroatoms. The number of phenolic OH excluding ortho intramolecular Hbond substituents is 1. The Kier molecular flexibility index (Phi) is 9.89. The Hall–Kier alpha value is -2.77. The first kappa shape index (κ1) is 31.4. The van der Waals surface area contributed by atoms with E-state index in [1.165, 1.54) is 20.1 Å². The molecule has 38 heavy (non-hydrogen) atoms. The van der Waals surface area contributed by atoms with E-state index in [9.17, 15) is 45.6 Å². The Morgan fingerprint density at radius 1 is 1.13 bits per heavy atom. The summed E-state index contributed by atoms with van der Waals surface area (Å²) in [6.07, 6.45) is -9.69. The van der Waals surface area contributed by atoms with Gasteiger partial charge in [0.1, 0.15) is 23.7 Å². The Morgan fingerprint density at radius 3 is 2.16 bits per heavy atom. The number of allylic oxidation sites excluding steroid dienone is 2. The third-order valence-electron chi connectivity index (χ3n) is 5.49. The molecule has 1 aliphatic heterocycles. The summed E-state index contributed by atoms with van der Waals surface area (Å²) in [7, 11) is -3.28. The minimum absolute atomic E-state index is 0.0672. The van der Waals surface area contributed by atoms with Crippen molar-refractivity contribution >= 4 is 19.5 Å². The monoisotopic (exact) mass is 578 g/mol. The van der Waals surface area contributed by atoms with Crippen molar-refractivity contribution in [2.24, 2.45) is 0 Å². The maximum Gasteiger partial charge on any atom is 0.412 e. The number of ether oxygens (including phenoxy) is 3. The number of methoxy groups -OCH3 is 2. The van der Waals surface area contributed by atoms with Gasteiger partial charge in [0.05, 0.1) is 14.2 Å². The maximum atomic E-state index is 13.1. The molecule has 0 aliphatic carbocycles. The van der Waals surface area contributed by atoms with Gasteiger partial charge in [-0.2, -0.15) is 26.3 Å². The molecule has 1 aromatic rings. The zero-order chi connectivity index (χ0) is 29.1. The lowest BCUT2D eigenvalue weighted by atomic mass is 9.94. The van der Waals surface area contributed by atoms with Crippen molar-refractivity contribution in [2.45, 2.75) is 51.3 Å². The number of carbonyl (C=O) groups excluding carboxylic acids is 2. The molecule has 1 atom stereocenters. The van der Waals surface area contributed by atoms with E-state index in [1.807, 2.05) is 0 Å². The van der Waals surface area contributed by atoms with E-state index in [-0.39, 0.29) is 35.5 Å². The lowest BCUT2D eigenvalue weighted by molar-refractivity contribution is -0.167. The number of carbonyl (C=O) groups is 2. The number of hydrogen-bond donors (Lipinski definition) is 1. The van der Waals surface area contributed by atoms with Crippen LogP contribution < -0.4 is 4.74 Å². The lowest BCUT2D eigenvalue weighted by Gasteiger charge is -2.26. The topological polar surface area (TPSA) is 118 Å². The summed E-state index contributed by atoms with van der Waals surface area (Å²) in [5, 5.41) is 10.7. The van der Waals surface area contributed by atoms with Gasteiger partial charge in [-0.15, -0.1) is 0 Å². The molecule has 0 fully saturated rings. The Bertz CT molecular complexity index is 1120. The zero-order valence-electron chi connectivity index (χ0n) is 20.6. The van der Waals surface area contributed by atoms with Crippen LogP contribution in [0.5, 0.6) is 11.5 Å². The normalized spacial score (nSPS) is 15.2. The Labute approximate surface area is 213 Å². The summed E-state index contributed by atoms with van der Waals surface area (Å²) in [6.45, 7) is -1.60. The van der Waals surface area contributed by atoms with E-state index in [0.717, 1.165) is 7.11 Å². The van der Waals surface area contributed by atoms with Gasteiger partial charge in [-0.1, -0.05) is 11.6 Å². The van der Waals surface area contributed by atoms with E-state index in [2.05, 4.69) is 13.8 Å². The molecule has 0 spiro atoms. The Balaban J connectivity index is 2.42. The average Bonchev–Trinajstić information content (AvgIpc) is 3.21. The predicted molar refractivity (Wildman–Crippen MR) is 118 cm³/mol. The summed E-state index contributed by atoms with van der Waals surface area (Å²) in [5.74, 6) is -2.42. The summed E-state index contributed by atoms with van der Waals surface area (Å²) >= 11 is 0. The summed E-state index contributed by atoms with van der Waals surface area (Å²) in [4.78, 5) is 24.4. The van der Waals surface area contributed by atoms with Crippen LogP contribution in [0.25, 0.3) is 0 Å². The highest BCUT2D eigenvalue weighted by Crippen LogP contribution is 2.57. The van der Waals surface area contributed by atoms with Crippen LogP contribution in [0.4, 0.5) is 26.3 Å². The van der Waals surface area contributed by atoms with Gasteiger partial charge in [0, 0.05) is 11.1 Å². The molecule has 214 valence electrons. The van der Waals surface area contributed by atoms with Crippen molar-refractivity contribution in [3.63, 3.8) is 0 Å². The summed E-state index contributed by atoms with van der Waals surface area (Å²) in [5.41, 5.74) is -1.06. The lowest BCUT2D eigenvalue weighted by Crippen LogP contribution is -2.29. The van der Waals surface area contributed by atoms with E-state index in [4.69, 9.17) is 9.47 Å². The number of phenols is 1. The first-order valence-corrected chi connectivity index (χ1v) is 12.4. The van der Waals surface area contributed by atoms with Crippen LogP contribution >= 0.6 is 7.60 Å². The molecule has 0 saturated carbocycles. The first-order valence-electron chi connectivity index (χ1n) is 10.8. The van der Waals surface area contributed by atoms with E-state index < -0.39 is 62.9 Å². The fourth-order valence-electron chi connectivity index (χ4n) is 3.70. The number of alkyl halides is 6. The molecular weight excluding hydrogens is 553 g/mol. The van der Waals surface area contributed by atoms with Crippen LogP contribution in [0.15, 0.2) is 11.6 Å². The number of esters is 2. The van der Waals surface area contributed by atoms with Gasteiger partial charge in [0.15, 0.2) is 18.9 Å². The Morgan fingerprint density at radius 2 is 1.68 bits per heavy atom. The molecule has 1 unspecified atom stereocenters. The minimum Gasteiger partial charge on any atom is -0.507 e. The number of benzene rings is 1. The molecule has 1 N–H and O–H groups in total. The number of halogens is 6. The van der Waals surface area contributed by atoms with Gasteiger partial charge in [-0.05, 0) is 32.3 Å². The van der Waals surface area contributed by atoms with Gasteiger partial charge in [0.25, 0.3) is 0 Å². The molecule has 0 amide bonds. The molecule has 0 radical (unpaired) electrons. The van der Waals surface area contributed by atoms with Crippen LogP contribution in [-0.4, -0.2) is 62.5 Å². The number of aromatic hydroxyl groups is 1. The van der Waals surface area contributed by atoms with Crippen LogP contribution in [0.3, 0.4) is 0 Å². The molecule has 1 heterocycles. The SMILES string of the molecule is COC(=O)C(C/C(C)=C/Cc1c(O)c2c(c(C)c1OC)COC2=O)P(=O)(OCC(F)(F)F)OCC(F)(F)F. The van der Waals surface area contributed by atoms with Crippen LogP contribution in [0, 0.1) is 6.92 Å². The molecule has 2 rings (SSSR count). The van der Waals surface area contributed by atoms with Crippen molar-refractivity contribution < 1.29 is 68.9 Å². The van der Waals surface area contributed by atoms with Crippen molar-refractivity contribution in [3.8, 4) is 11.5 Å². The molecular formula is C22H25F6O9P. The van der Waals surface area contributed by atoms with Crippen molar-refractivity contribution in [2.75, 3.05) is 27.4 Å². The molecule has 1 aliphatic rings. The van der Waals surface area contributed by atoms with Gasteiger partial charge >= 0.3 is 31.9 Å². The van der Waals surface area contributed by atoms with Gasteiger partial charge in [0.2, 0.25) is 0 Å². The van der Waals surface area contributed by atoms with Crippen molar-refractivity contribution in [1.29, 1.82) is 0 Å².